The van der Waals surface area contributed by atoms with Crippen LogP contribution in [0.4, 0.5) is 0 Å². The molecule has 0 aliphatic heterocycles. The van der Waals surface area contributed by atoms with Crippen LogP contribution in [0, 0.1) is 0 Å². The molecule has 1 aromatic heterocycles. The first kappa shape index (κ1) is 13.5. The molecule has 1 heterocycles. The first-order valence-electron chi connectivity index (χ1n) is 5.72. The Morgan fingerprint density at radius 1 is 0.682 bits per heavy atom. The minimum absolute atomic E-state index is 0.628. The van der Waals surface area contributed by atoms with Crippen LogP contribution in [0.3, 0.4) is 0 Å². The van der Waals surface area contributed by atoms with Crippen LogP contribution in [0.15, 0.2) is 15.3 Å². The Morgan fingerprint density at radius 3 is 1.95 bits per heavy atom. The molecule has 1 aromatic carbocycles. The molecular weight excluding hydrogens is 300 g/mol. The normalized spacial score (nSPS) is 12.9. The largest absolute Gasteiger partial charge is 0.507 e. The van der Waals surface area contributed by atoms with Gasteiger partial charge in [0.05, 0.1) is 11.1 Å². The lowest BCUT2D eigenvalue weighted by atomic mass is 9.85. The van der Waals surface area contributed by atoms with Crippen LogP contribution in [0.2, 0.25) is 0 Å². The van der Waals surface area contributed by atoms with Gasteiger partial charge in [-0.1, -0.05) is 0 Å². The summed E-state index contributed by atoms with van der Waals surface area (Å²) in [5.74, 6) is -8.47. The highest BCUT2D eigenvalue weighted by Gasteiger charge is 2.41. The van der Waals surface area contributed by atoms with Gasteiger partial charge in [-0.2, -0.15) is 0 Å². The molecule has 1 aliphatic rings. The first-order chi connectivity index (χ1) is 10.3. The van der Waals surface area contributed by atoms with Crippen LogP contribution in [-0.2, 0) is 0 Å². The number of rotatable bonds is 0. The van der Waals surface area contributed by atoms with E-state index in [2.05, 4.69) is 4.42 Å². The monoisotopic (exact) mass is 306 g/mol. The van der Waals surface area contributed by atoms with Crippen molar-refractivity contribution in [2.75, 3.05) is 0 Å². The number of aromatic hydroxyl groups is 5. The Hall–Kier alpha value is -3.49. The van der Waals surface area contributed by atoms with Crippen molar-refractivity contribution in [1.29, 1.82) is 0 Å². The smallest absolute Gasteiger partial charge is 0.382 e. The Balaban J connectivity index is 2.49. The summed E-state index contributed by atoms with van der Waals surface area (Å²) in [6.07, 6.45) is 0. The minimum Gasteiger partial charge on any atom is -0.507 e. The van der Waals surface area contributed by atoms with Gasteiger partial charge in [-0.15, -0.1) is 0 Å². The number of carbonyl (C=O) groups is 2. The summed E-state index contributed by atoms with van der Waals surface area (Å²) in [5, 5.41) is 47.8. The number of hydrogen-bond donors (Lipinski definition) is 5. The van der Waals surface area contributed by atoms with Crippen LogP contribution >= 0.6 is 0 Å². The van der Waals surface area contributed by atoms with Crippen LogP contribution in [0.1, 0.15) is 32.0 Å². The van der Waals surface area contributed by atoms with Gasteiger partial charge in [0.15, 0.2) is 23.0 Å². The van der Waals surface area contributed by atoms with Crippen molar-refractivity contribution in [2.24, 2.45) is 0 Å². The van der Waals surface area contributed by atoms with Gasteiger partial charge in [0.2, 0.25) is 17.3 Å². The fraction of sp³-hybridized carbons (Fsp3) is 0. The average Bonchev–Trinajstić information content (AvgIpc) is 2.45. The highest BCUT2D eigenvalue weighted by molar-refractivity contribution is 6.30. The second-order valence-electron chi connectivity index (χ2n) is 4.46. The van der Waals surface area contributed by atoms with E-state index >= 15 is 0 Å². The van der Waals surface area contributed by atoms with Gasteiger partial charge in [0.25, 0.3) is 0 Å². The Kier molecular flexibility index (Phi) is 2.46. The van der Waals surface area contributed by atoms with Gasteiger partial charge < -0.3 is 29.9 Å². The third kappa shape index (κ3) is 1.44. The molecule has 0 bridgehead atoms. The molecule has 9 heteroatoms. The van der Waals surface area contributed by atoms with Gasteiger partial charge in [-0.05, 0) is 0 Å². The maximum atomic E-state index is 12.3. The second kappa shape index (κ2) is 4.01. The zero-order valence-corrected chi connectivity index (χ0v) is 10.4. The zero-order chi connectivity index (χ0) is 16.3. The lowest BCUT2D eigenvalue weighted by Crippen LogP contribution is -2.23. The molecule has 0 radical (unpaired) electrons. The summed E-state index contributed by atoms with van der Waals surface area (Å²) in [5.41, 5.74) is -3.78. The highest BCUT2D eigenvalue weighted by atomic mass is 16.4. The van der Waals surface area contributed by atoms with Gasteiger partial charge >= 0.3 is 5.63 Å². The van der Waals surface area contributed by atoms with E-state index in [4.69, 9.17) is 0 Å². The predicted octanol–water partition coefficient (Wildman–Crippen LogP) is -0.0568. The van der Waals surface area contributed by atoms with E-state index in [0.717, 1.165) is 0 Å². The maximum Gasteiger partial charge on any atom is 0.382 e. The molecule has 0 fully saturated rings. The fourth-order valence-electron chi connectivity index (χ4n) is 2.22. The van der Waals surface area contributed by atoms with Gasteiger partial charge in [-0.3, -0.25) is 9.59 Å². The molecule has 0 atom stereocenters. The molecule has 22 heavy (non-hydrogen) atoms. The van der Waals surface area contributed by atoms with Crippen molar-refractivity contribution < 1.29 is 39.5 Å². The molecule has 1 aliphatic carbocycles. The summed E-state index contributed by atoms with van der Waals surface area (Å²) in [6.45, 7) is 0. The summed E-state index contributed by atoms with van der Waals surface area (Å²) < 4.78 is 4.48. The molecule has 0 amide bonds. The Morgan fingerprint density at radius 2 is 1.32 bits per heavy atom. The van der Waals surface area contributed by atoms with Gasteiger partial charge in [0.1, 0.15) is 11.3 Å². The molecule has 0 unspecified atom stereocenters. The van der Waals surface area contributed by atoms with Crippen LogP contribution < -0.4 is 5.63 Å². The number of ketones is 2. The van der Waals surface area contributed by atoms with Crippen molar-refractivity contribution in [1.82, 2.24) is 0 Å². The summed E-state index contributed by atoms with van der Waals surface area (Å²) in [7, 11) is 0. The third-order valence-electron chi connectivity index (χ3n) is 3.22. The van der Waals surface area contributed by atoms with Crippen molar-refractivity contribution in [3.8, 4) is 28.7 Å². The maximum absolute atomic E-state index is 12.3. The van der Waals surface area contributed by atoms with E-state index in [-0.39, 0.29) is 0 Å². The quantitative estimate of drug-likeness (QED) is 0.282. The van der Waals surface area contributed by atoms with E-state index in [1.807, 2.05) is 0 Å². The van der Waals surface area contributed by atoms with E-state index in [1.165, 1.54) is 0 Å². The van der Waals surface area contributed by atoms with Crippen LogP contribution in [-0.4, -0.2) is 37.1 Å². The predicted molar refractivity (Wildman–Crippen MR) is 66.6 cm³/mol. The molecule has 9 nitrogen and oxygen atoms in total. The Bertz CT molecular complexity index is 936. The average molecular weight is 306 g/mol. The topological polar surface area (TPSA) is 166 Å². The number of phenols is 3. The van der Waals surface area contributed by atoms with E-state index in [0.29, 0.717) is 6.07 Å². The van der Waals surface area contributed by atoms with Crippen molar-refractivity contribution in [3.05, 3.63) is 38.9 Å². The molecule has 0 saturated carbocycles. The van der Waals surface area contributed by atoms with Crippen LogP contribution in [0.25, 0.3) is 0 Å². The van der Waals surface area contributed by atoms with Gasteiger partial charge in [0, 0.05) is 6.07 Å². The molecule has 5 N–H and O–H groups in total. The number of fused-ring (bicyclic) bond motifs is 2. The summed E-state index contributed by atoms with van der Waals surface area (Å²) in [4.78, 5) is 35.8. The van der Waals surface area contributed by atoms with Crippen molar-refractivity contribution >= 4 is 11.6 Å². The standard InChI is InChI=1S/C13H6O9/c14-2-1-3(15)7(16)5-4(2)10(19)12-6(8(5)17)9(18)11(20)13(21)22-12/h1,14-16,18,20H. The number of carbonyl (C=O) groups excluding carboxylic acids is 2. The SMILES string of the molecule is O=C1c2oc(=O)c(O)c(O)c2C(=O)c2c(O)c(O)cc(O)c21. The Labute approximate surface area is 119 Å². The third-order valence-corrected chi connectivity index (χ3v) is 3.22. The highest BCUT2D eigenvalue weighted by Crippen LogP contribution is 2.45. The second-order valence-corrected chi connectivity index (χ2v) is 4.46. The van der Waals surface area contributed by atoms with E-state index in [9.17, 15) is 39.9 Å². The van der Waals surface area contributed by atoms with E-state index in [1.54, 1.807) is 0 Å². The molecule has 0 spiro atoms. The van der Waals surface area contributed by atoms with Gasteiger partial charge in [-0.25, -0.2) is 4.79 Å². The number of phenolic OH excluding ortho intramolecular Hbond substituents is 3. The van der Waals surface area contributed by atoms with E-state index < -0.39 is 68.4 Å². The minimum atomic E-state index is -1.46. The molecule has 0 saturated heterocycles. The number of hydrogen-bond acceptors (Lipinski definition) is 9. The molecule has 2 aromatic rings. The lowest BCUT2D eigenvalue weighted by Gasteiger charge is -2.19. The molecule has 112 valence electrons. The molecular formula is C13H6O9. The number of benzene rings is 1. The summed E-state index contributed by atoms with van der Waals surface area (Å²) >= 11 is 0. The fourth-order valence-corrected chi connectivity index (χ4v) is 2.22. The van der Waals surface area contributed by atoms with Crippen molar-refractivity contribution in [2.45, 2.75) is 0 Å². The van der Waals surface area contributed by atoms with Crippen LogP contribution in [0.5, 0.6) is 28.7 Å². The summed E-state index contributed by atoms with van der Waals surface area (Å²) in [6, 6.07) is 0.628. The molecule has 3 rings (SSSR count). The first-order valence-corrected chi connectivity index (χ1v) is 5.72. The van der Waals surface area contributed by atoms with Crippen molar-refractivity contribution in [3.63, 3.8) is 0 Å². The zero-order valence-electron chi connectivity index (χ0n) is 10.4. The lowest BCUT2D eigenvalue weighted by molar-refractivity contribution is 0.0942.